The minimum absolute atomic E-state index is 0.552. The summed E-state index contributed by atoms with van der Waals surface area (Å²) in [5.41, 5.74) is 0. The molecule has 0 saturated heterocycles. The molecule has 0 spiro atoms. The van der Waals surface area contributed by atoms with Gasteiger partial charge >= 0.3 is 7.75 Å². The van der Waals surface area contributed by atoms with Crippen molar-refractivity contribution in [3.05, 3.63) is 0 Å². The quantitative estimate of drug-likeness (QED) is 0.258. The minimum atomic E-state index is -4.14. The Kier molecular flexibility index (Phi) is 6.49. The molecule has 0 amide bonds. The summed E-state index contributed by atoms with van der Waals surface area (Å²) in [6, 6.07) is 0. The van der Waals surface area contributed by atoms with Crippen LogP contribution in [0.1, 0.15) is 13.8 Å². The Hall–Kier alpha value is 0.0300. The maximum atomic E-state index is 10.6. The van der Waals surface area contributed by atoms with Gasteiger partial charge in [0.2, 0.25) is 0 Å². The van der Waals surface area contributed by atoms with Crippen LogP contribution in [0.25, 0.3) is 0 Å². The molecule has 0 rings (SSSR count). The molecule has 7 heteroatoms. The molecule has 4 N–H and O–H groups in total. The standard InChI is InChI=1S/C6H18N3O3P/c1-3-7-5-6-9(4-2)8-13(10,11)12/h7H,3-6H2,1-2H3,(H3,8,10,11,12). The lowest BCUT2D eigenvalue weighted by atomic mass is 10.5. The van der Waals surface area contributed by atoms with Gasteiger partial charge in [0.1, 0.15) is 0 Å². The fourth-order valence-electron chi connectivity index (χ4n) is 0.854. The van der Waals surface area contributed by atoms with Gasteiger partial charge in [0.25, 0.3) is 0 Å². The molecule has 0 aliphatic carbocycles. The molecule has 0 heterocycles. The summed E-state index contributed by atoms with van der Waals surface area (Å²) < 4.78 is 10.6. The Morgan fingerprint density at radius 2 is 2.00 bits per heavy atom. The number of nitrogens with zero attached hydrogens (tertiary/aromatic N) is 1. The first kappa shape index (κ1) is 13.0. The van der Waals surface area contributed by atoms with Gasteiger partial charge in [-0.2, -0.15) is 5.20 Å². The molecule has 0 aliphatic rings. The largest absolute Gasteiger partial charge is 0.413 e. The average Bonchev–Trinajstić information content (AvgIpc) is 2.01. The zero-order valence-electron chi connectivity index (χ0n) is 8.03. The summed E-state index contributed by atoms with van der Waals surface area (Å²) in [4.78, 5) is 17.2. The van der Waals surface area contributed by atoms with E-state index in [-0.39, 0.29) is 0 Å². The van der Waals surface area contributed by atoms with E-state index in [0.717, 1.165) is 6.54 Å². The molecule has 0 aromatic rings. The molecule has 13 heavy (non-hydrogen) atoms. The second kappa shape index (κ2) is 6.48. The monoisotopic (exact) mass is 211 g/mol. The van der Waals surface area contributed by atoms with E-state index < -0.39 is 7.75 Å². The Bertz CT molecular complexity index is 173. The van der Waals surface area contributed by atoms with Crippen LogP contribution in [-0.2, 0) is 4.57 Å². The predicted octanol–water partition coefficient (Wildman–Crippen LogP) is -0.485. The second-order valence-corrected chi connectivity index (χ2v) is 3.87. The molecule has 6 nitrogen and oxygen atoms in total. The maximum Gasteiger partial charge on any atom is 0.413 e. The van der Waals surface area contributed by atoms with Gasteiger partial charge in [-0.3, -0.25) is 0 Å². The van der Waals surface area contributed by atoms with Gasteiger partial charge in [-0.15, -0.1) is 0 Å². The fourth-order valence-corrected chi connectivity index (χ4v) is 1.46. The number of hydrogen-bond donors (Lipinski definition) is 4. The van der Waals surface area contributed by atoms with Gasteiger partial charge in [-0.05, 0) is 6.54 Å². The lowest BCUT2D eigenvalue weighted by Crippen LogP contribution is -2.40. The van der Waals surface area contributed by atoms with E-state index in [1.807, 2.05) is 13.8 Å². The van der Waals surface area contributed by atoms with Crippen molar-refractivity contribution in [3.63, 3.8) is 0 Å². The van der Waals surface area contributed by atoms with Crippen LogP contribution in [0.5, 0.6) is 0 Å². The third-order valence-corrected chi connectivity index (χ3v) is 2.01. The first-order valence-electron chi connectivity index (χ1n) is 4.28. The molecule has 0 aromatic heterocycles. The van der Waals surface area contributed by atoms with Crippen LogP contribution in [0, 0.1) is 0 Å². The van der Waals surface area contributed by atoms with E-state index in [0.29, 0.717) is 19.6 Å². The highest BCUT2D eigenvalue weighted by Gasteiger charge is 2.15. The highest BCUT2D eigenvalue weighted by Crippen LogP contribution is 2.28. The third-order valence-electron chi connectivity index (χ3n) is 1.46. The van der Waals surface area contributed by atoms with Crippen LogP contribution >= 0.6 is 7.75 Å². The first-order valence-corrected chi connectivity index (χ1v) is 5.90. The summed E-state index contributed by atoms with van der Waals surface area (Å²) in [5, 5.41) is 6.68. The Morgan fingerprint density at radius 1 is 1.38 bits per heavy atom. The summed E-state index contributed by atoms with van der Waals surface area (Å²) >= 11 is 0. The molecular weight excluding hydrogens is 193 g/mol. The van der Waals surface area contributed by atoms with Crippen LogP contribution in [0.4, 0.5) is 0 Å². The maximum absolute atomic E-state index is 10.6. The highest BCUT2D eigenvalue weighted by atomic mass is 31.2. The SMILES string of the molecule is CCNCCN(CC)NP(=O)(O)O. The van der Waals surface area contributed by atoms with Gasteiger partial charge in [0, 0.05) is 19.6 Å². The van der Waals surface area contributed by atoms with E-state index in [1.165, 1.54) is 5.01 Å². The zero-order valence-corrected chi connectivity index (χ0v) is 8.92. The van der Waals surface area contributed by atoms with Crippen LogP contribution in [-0.4, -0.2) is 41.0 Å². The van der Waals surface area contributed by atoms with Gasteiger partial charge < -0.3 is 15.1 Å². The second-order valence-electron chi connectivity index (χ2n) is 2.58. The fraction of sp³-hybridized carbons (Fsp3) is 1.00. The summed E-state index contributed by atoms with van der Waals surface area (Å²) in [6.07, 6.45) is 0. The third kappa shape index (κ3) is 8.36. The number of hydrogen-bond acceptors (Lipinski definition) is 3. The summed E-state index contributed by atoms with van der Waals surface area (Å²) in [7, 11) is -4.14. The zero-order chi connectivity index (χ0) is 10.3. The van der Waals surface area contributed by atoms with E-state index in [1.54, 1.807) is 0 Å². The molecule has 80 valence electrons. The Balaban J connectivity index is 3.70. The van der Waals surface area contributed by atoms with Crippen LogP contribution < -0.4 is 10.5 Å². The van der Waals surface area contributed by atoms with Gasteiger partial charge in [-0.25, -0.2) is 9.57 Å². The summed E-state index contributed by atoms with van der Waals surface area (Å²) in [5.74, 6) is 0. The number of nitrogens with one attached hydrogen (secondary N) is 2. The number of rotatable bonds is 7. The van der Waals surface area contributed by atoms with Crippen molar-refractivity contribution in [2.24, 2.45) is 0 Å². The van der Waals surface area contributed by atoms with Crippen molar-refractivity contribution in [1.82, 2.24) is 15.5 Å². The molecular formula is C6H18N3O3P. The van der Waals surface area contributed by atoms with Crippen LogP contribution in [0.3, 0.4) is 0 Å². The topological polar surface area (TPSA) is 84.8 Å². The molecule has 0 atom stereocenters. The molecule has 0 aliphatic heterocycles. The van der Waals surface area contributed by atoms with Crippen molar-refractivity contribution in [3.8, 4) is 0 Å². The Morgan fingerprint density at radius 3 is 2.38 bits per heavy atom. The molecule has 0 fully saturated rings. The van der Waals surface area contributed by atoms with E-state index in [9.17, 15) is 4.57 Å². The molecule has 0 saturated carbocycles. The normalized spacial score (nSPS) is 12.4. The molecule has 0 bridgehead atoms. The molecule has 0 radical (unpaired) electrons. The van der Waals surface area contributed by atoms with Gasteiger partial charge in [0.15, 0.2) is 0 Å². The van der Waals surface area contributed by atoms with E-state index in [4.69, 9.17) is 9.79 Å². The number of likely N-dealkylation sites (N-methyl/N-ethyl adjacent to an activating group) is 2. The van der Waals surface area contributed by atoms with Crippen molar-refractivity contribution in [1.29, 1.82) is 0 Å². The predicted molar refractivity (Wildman–Crippen MR) is 51.0 cm³/mol. The Labute approximate surface area is 78.5 Å². The van der Waals surface area contributed by atoms with E-state index in [2.05, 4.69) is 10.5 Å². The summed E-state index contributed by atoms with van der Waals surface area (Å²) in [6.45, 7) is 6.48. The van der Waals surface area contributed by atoms with Crippen molar-refractivity contribution >= 4 is 7.75 Å². The number of hydrazine groups is 1. The van der Waals surface area contributed by atoms with Crippen molar-refractivity contribution in [2.45, 2.75) is 13.8 Å². The average molecular weight is 211 g/mol. The van der Waals surface area contributed by atoms with Gasteiger partial charge in [0.05, 0.1) is 0 Å². The van der Waals surface area contributed by atoms with Crippen LogP contribution in [0.15, 0.2) is 0 Å². The molecule has 0 aromatic carbocycles. The highest BCUT2D eigenvalue weighted by molar-refractivity contribution is 7.49. The van der Waals surface area contributed by atoms with E-state index >= 15 is 0 Å². The lowest BCUT2D eigenvalue weighted by Gasteiger charge is -2.21. The lowest BCUT2D eigenvalue weighted by molar-refractivity contribution is 0.215. The van der Waals surface area contributed by atoms with Crippen molar-refractivity contribution < 1.29 is 14.4 Å². The first-order chi connectivity index (χ1) is 5.99. The smallest absolute Gasteiger partial charge is 0.316 e. The van der Waals surface area contributed by atoms with Gasteiger partial charge in [-0.1, -0.05) is 13.8 Å². The van der Waals surface area contributed by atoms with Crippen molar-refractivity contribution in [2.75, 3.05) is 26.2 Å². The van der Waals surface area contributed by atoms with Crippen LogP contribution in [0.2, 0.25) is 0 Å². The molecule has 0 unspecified atom stereocenters. The minimum Gasteiger partial charge on any atom is -0.316 e.